The number of fused-ring (bicyclic) bond motifs is 2. The minimum Gasteiger partial charge on any atom is -0.486 e. The average Bonchev–Trinajstić information content (AvgIpc) is 2.86. The van der Waals surface area contributed by atoms with Crippen molar-refractivity contribution in [1.29, 1.82) is 0 Å². The molecule has 0 aliphatic heterocycles. The second-order valence-corrected chi connectivity index (χ2v) is 5.25. The van der Waals surface area contributed by atoms with Crippen LogP contribution in [-0.2, 0) is 0 Å². The van der Waals surface area contributed by atoms with Gasteiger partial charge < -0.3 is 13.6 Å². The van der Waals surface area contributed by atoms with Gasteiger partial charge >= 0.3 is 5.63 Å². The van der Waals surface area contributed by atoms with Crippen molar-refractivity contribution in [2.45, 2.75) is 20.3 Å². The second-order valence-electron chi connectivity index (χ2n) is 5.25. The maximum atomic E-state index is 11.4. The van der Waals surface area contributed by atoms with Crippen molar-refractivity contribution in [3.63, 3.8) is 0 Å². The van der Waals surface area contributed by atoms with Crippen molar-refractivity contribution in [1.82, 2.24) is 0 Å². The van der Waals surface area contributed by atoms with Crippen LogP contribution in [0.5, 0.6) is 5.75 Å². The smallest absolute Gasteiger partial charge is 0.336 e. The topological polar surface area (TPSA) is 52.6 Å². The molecule has 0 radical (unpaired) electrons. The number of hydrogen-bond acceptors (Lipinski definition) is 4. The minimum atomic E-state index is -0.392. The Hall–Kier alpha value is -2.23. The molecule has 0 N–H and O–H groups in total. The Morgan fingerprint density at radius 1 is 1.15 bits per heavy atom. The lowest BCUT2D eigenvalue weighted by molar-refractivity contribution is 0.287. The van der Waals surface area contributed by atoms with Gasteiger partial charge in [0.15, 0.2) is 11.2 Å². The molecular weight excluding hydrogens is 256 g/mol. The zero-order valence-electron chi connectivity index (χ0n) is 11.5. The van der Waals surface area contributed by atoms with Crippen molar-refractivity contribution >= 4 is 21.9 Å². The van der Waals surface area contributed by atoms with Gasteiger partial charge in [-0.25, -0.2) is 4.79 Å². The quantitative estimate of drug-likeness (QED) is 0.674. The molecule has 3 aromatic rings. The predicted octanol–water partition coefficient (Wildman–Crippen LogP) is 3.96. The Morgan fingerprint density at radius 3 is 2.75 bits per heavy atom. The third-order valence-corrected chi connectivity index (χ3v) is 3.22. The van der Waals surface area contributed by atoms with E-state index in [1.807, 2.05) is 12.1 Å². The summed E-state index contributed by atoms with van der Waals surface area (Å²) in [6.45, 7) is 4.83. The summed E-state index contributed by atoms with van der Waals surface area (Å²) in [5.41, 5.74) is 0.677. The Bertz CT molecular complexity index is 795. The zero-order chi connectivity index (χ0) is 14.1. The van der Waals surface area contributed by atoms with Gasteiger partial charge in [-0.2, -0.15) is 0 Å². The molecule has 0 fully saturated rings. The number of benzene rings is 1. The van der Waals surface area contributed by atoms with Crippen molar-refractivity contribution in [2.75, 3.05) is 6.61 Å². The summed E-state index contributed by atoms with van der Waals surface area (Å²) in [6, 6.07) is 6.94. The highest BCUT2D eigenvalue weighted by Gasteiger charge is 2.14. The van der Waals surface area contributed by atoms with Crippen LogP contribution in [0.25, 0.3) is 21.9 Å². The van der Waals surface area contributed by atoms with E-state index in [0.717, 1.165) is 17.2 Å². The van der Waals surface area contributed by atoms with Crippen LogP contribution in [-0.4, -0.2) is 6.61 Å². The molecule has 2 aromatic heterocycles. The highest BCUT2D eigenvalue weighted by Crippen LogP contribution is 2.35. The summed E-state index contributed by atoms with van der Waals surface area (Å²) in [4.78, 5) is 11.4. The van der Waals surface area contributed by atoms with Crippen molar-refractivity contribution in [3.05, 3.63) is 40.9 Å². The summed E-state index contributed by atoms with van der Waals surface area (Å²) < 4.78 is 16.6. The molecule has 1 aromatic carbocycles. The third-order valence-electron chi connectivity index (χ3n) is 3.22. The first-order valence-corrected chi connectivity index (χ1v) is 6.72. The van der Waals surface area contributed by atoms with Gasteiger partial charge in [0.1, 0.15) is 0 Å². The molecular formula is C16H16O4. The maximum Gasteiger partial charge on any atom is 0.336 e. The van der Waals surface area contributed by atoms with Crippen molar-refractivity contribution < 1.29 is 13.6 Å². The Kier molecular flexibility index (Phi) is 3.22. The van der Waals surface area contributed by atoms with E-state index >= 15 is 0 Å². The lowest BCUT2D eigenvalue weighted by Gasteiger charge is -2.10. The van der Waals surface area contributed by atoms with Crippen LogP contribution < -0.4 is 10.4 Å². The second kappa shape index (κ2) is 5.04. The molecule has 0 atom stereocenters. The van der Waals surface area contributed by atoms with Gasteiger partial charge in [-0.15, -0.1) is 0 Å². The summed E-state index contributed by atoms with van der Waals surface area (Å²) in [6.07, 6.45) is 2.53. The number of furan rings is 1. The van der Waals surface area contributed by atoms with E-state index in [1.165, 1.54) is 6.07 Å². The molecule has 0 aliphatic carbocycles. The third kappa shape index (κ3) is 2.29. The lowest BCUT2D eigenvalue weighted by Crippen LogP contribution is -2.03. The molecule has 0 saturated carbocycles. The van der Waals surface area contributed by atoms with Crippen LogP contribution in [0.3, 0.4) is 0 Å². The van der Waals surface area contributed by atoms with Crippen molar-refractivity contribution in [2.24, 2.45) is 5.92 Å². The first kappa shape index (κ1) is 12.8. The van der Waals surface area contributed by atoms with Gasteiger partial charge in [-0.1, -0.05) is 13.8 Å². The SMILES string of the molecule is CC(C)CCOc1c2occc2cc2ccc(=O)oc12. The molecule has 4 heteroatoms. The van der Waals surface area contributed by atoms with Crippen LogP contribution in [0, 0.1) is 5.92 Å². The molecule has 0 saturated heterocycles. The summed E-state index contributed by atoms with van der Waals surface area (Å²) in [5, 5.41) is 1.77. The van der Waals surface area contributed by atoms with Crippen LogP contribution in [0.2, 0.25) is 0 Å². The first-order valence-electron chi connectivity index (χ1n) is 6.72. The van der Waals surface area contributed by atoms with Gasteiger partial charge in [0.2, 0.25) is 5.75 Å². The molecule has 2 heterocycles. The highest BCUT2D eigenvalue weighted by atomic mass is 16.5. The van der Waals surface area contributed by atoms with Crippen LogP contribution >= 0.6 is 0 Å². The summed E-state index contributed by atoms with van der Waals surface area (Å²) in [7, 11) is 0. The fourth-order valence-electron chi connectivity index (χ4n) is 2.13. The normalized spacial score (nSPS) is 11.6. The monoisotopic (exact) mass is 272 g/mol. The highest BCUT2D eigenvalue weighted by molar-refractivity contribution is 5.99. The van der Waals surface area contributed by atoms with E-state index in [1.54, 1.807) is 12.3 Å². The first-order chi connectivity index (χ1) is 9.65. The molecule has 20 heavy (non-hydrogen) atoms. The van der Waals surface area contributed by atoms with E-state index in [4.69, 9.17) is 13.6 Å². The maximum absolute atomic E-state index is 11.4. The number of hydrogen-bond donors (Lipinski definition) is 0. The molecule has 0 unspecified atom stereocenters. The van der Waals surface area contributed by atoms with Gasteiger partial charge in [0.05, 0.1) is 12.9 Å². The van der Waals surface area contributed by atoms with Crippen LogP contribution in [0.4, 0.5) is 0 Å². The Labute approximate surface area is 115 Å². The Morgan fingerprint density at radius 2 is 1.95 bits per heavy atom. The van der Waals surface area contributed by atoms with Crippen LogP contribution in [0.15, 0.2) is 44.2 Å². The molecule has 0 bridgehead atoms. The van der Waals surface area contributed by atoms with Crippen LogP contribution in [0.1, 0.15) is 20.3 Å². The molecule has 0 amide bonds. The van der Waals surface area contributed by atoms with E-state index in [0.29, 0.717) is 29.4 Å². The van der Waals surface area contributed by atoms with Gasteiger partial charge in [0, 0.05) is 16.8 Å². The van der Waals surface area contributed by atoms with Gasteiger partial charge in [-0.3, -0.25) is 0 Å². The fraction of sp³-hybridized carbons (Fsp3) is 0.312. The molecule has 3 rings (SSSR count). The fourth-order valence-corrected chi connectivity index (χ4v) is 2.13. The van der Waals surface area contributed by atoms with Crippen molar-refractivity contribution in [3.8, 4) is 5.75 Å². The summed E-state index contributed by atoms with van der Waals surface area (Å²) >= 11 is 0. The van der Waals surface area contributed by atoms with E-state index in [-0.39, 0.29) is 0 Å². The number of rotatable bonds is 4. The number of ether oxygens (including phenoxy) is 1. The summed E-state index contributed by atoms with van der Waals surface area (Å²) in [5.74, 6) is 1.06. The molecule has 0 spiro atoms. The van der Waals surface area contributed by atoms with E-state index in [9.17, 15) is 4.79 Å². The minimum absolute atomic E-state index is 0.392. The average molecular weight is 272 g/mol. The predicted molar refractivity (Wildman–Crippen MR) is 77.2 cm³/mol. The molecule has 4 nitrogen and oxygen atoms in total. The Balaban J connectivity index is 2.14. The standard InChI is InChI=1S/C16H16O4/c1-10(2)5-7-19-16-14-12(6-8-18-14)9-11-3-4-13(17)20-15(11)16/h3-4,6,8-10H,5,7H2,1-2H3. The van der Waals surface area contributed by atoms with Gasteiger partial charge in [0.25, 0.3) is 0 Å². The van der Waals surface area contributed by atoms with E-state index < -0.39 is 5.63 Å². The zero-order valence-corrected chi connectivity index (χ0v) is 11.5. The molecule has 104 valence electrons. The molecule has 0 aliphatic rings. The largest absolute Gasteiger partial charge is 0.486 e. The van der Waals surface area contributed by atoms with Gasteiger partial charge in [-0.05, 0) is 30.5 Å². The van der Waals surface area contributed by atoms with E-state index in [2.05, 4.69) is 13.8 Å². The lowest BCUT2D eigenvalue weighted by atomic mass is 10.1.